The molecular weight excluding hydrogens is 208 g/mol. The molecule has 0 radical (unpaired) electrons. The highest BCUT2D eigenvalue weighted by molar-refractivity contribution is 5.82. The van der Waals surface area contributed by atoms with Crippen molar-refractivity contribution in [1.82, 2.24) is 4.90 Å². The lowest BCUT2D eigenvalue weighted by Crippen LogP contribution is -2.39. The molecule has 6 nitrogen and oxygen atoms in total. The minimum absolute atomic E-state index is 0.0485. The lowest BCUT2D eigenvalue weighted by atomic mass is 10.1. The molecule has 1 amide bonds. The molecule has 0 aliphatic heterocycles. The van der Waals surface area contributed by atoms with E-state index in [1.165, 1.54) is 6.92 Å². The normalized spacial score (nSPS) is 12.2. The van der Waals surface area contributed by atoms with Gasteiger partial charge in [-0.15, -0.1) is 0 Å². The highest BCUT2D eigenvalue weighted by Gasteiger charge is 2.15. The van der Waals surface area contributed by atoms with Crippen molar-refractivity contribution in [3.8, 4) is 0 Å². The van der Waals surface area contributed by atoms with Gasteiger partial charge in [-0.2, -0.15) is 0 Å². The second-order valence-electron chi connectivity index (χ2n) is 3.71. The molecule has 0 aliphatic carbocycles. The number of Topliss-reactive ketones (excluding diaryl/α,β-unsaturated/α-hetero) is 1. The molecule has 0 aromatic rings. The number of ketones is 1. The highest BCUT2D eigenvalue weighted by atomic mass is 16.2. The van der Waals surface area contributed by atoms with E-state index in [2.05, 4.69) is 0 Å². The number of nitrogens with zero attached hydrogens (tertiary/aromatic N) is 1. The summed E-state index contributed by atoms with van der Waals surface area (Å²) >= 11 is 0. The third kappa shape index (κ3) is 5.79. The van der Waals surface area contributed by atoms with Gasteiger partial charge in [0.05, 0.1) is 6.04 Å². The van der Waals surface area contributed by atoms with Crippen LogP contribution < -0.4 is 17.2 Å². The fourth-order valence-corrected chi connectivity index (χ4v) is 1.31. The molecule has 1 unspecified atom stereocenters. The zero-order valence-corrected chi connectivity index (χ0v) is 9.82. The van der Waals surface area contributed by atoms with Crippen LogP contribution in [0.5, 0.6) is 0 Å². The van der Waals surface area contributed by atoms with Gasteiger partial charge >= 0.3 is 0 Å². The van der Waals surface area contributed by atoms with Crippen molar-refractivity contribution in [1.29, 1.82) is 0 Å². The first-order valence-electron chi connectivity index (χ1n) is 5.46. The third-order valence-electron chi connectivity index (χ3n) is 2.34. The van der Waals surface area contributed by atoms with Crippen molar-refractivity contribution in [2.45, 2.75) is 25.8 Å². The Kier molecular flexibility index (Phi) is 7.70. The number of hydrogen-bond acceptors (Lipinski definition) is 5. The monoisotopic (exact) mass is 230 g/mol. The average molecular weight is 230 g/mol. The van der Waals surface area contributed by atoms with Crippen LogP contribution in [0.4, 0.5) is 0 Å². The highest BCUT2D eigenvalue weighted by Crippen LogP contribution is 2.00. The minimum atomic E-state index is -0.554. The molecule has 0 heterocycles. The summed E-state index contributed by atoms with van der Waals surface area (Å²) < 4.78 is 0. The fourth-order valence-electron chi connectivity index (χ4n) is 1.31. The number of amides is 1. The van der Waals surface area contributed by atoms with Crippen molar-refractivity contribution in [2.24, 2.45) is 17.2 Å². The van der Waals surface area contributed by atoms with Crippen LogP contribution in [0.3, 0.4) is 0 Å². The Bertz CT molecular complexity index is 227. The van der Waals surface area contributed by atoms with Gasteiger partial charge in [0.25, 0.3) is 0 Å². The molecule has 0 bridgehead atoms. The Hall–Kier alpha value is -0.980. The predicted octanol–water partition coefficient (Wildman–Crippen LogP) is -1.57. The van der Waals surface area contributed by atoms with Gasteiger partial charge in [-0.3, -0.25) is 9.59 Å². The van der Waals surface area contributed by atoms with Crippen LogP contribution in [0.2, 0.25) is 0 Å². The maximum absolute atomic E-state index is 11.7. The van der Waals surface area contributed by atoms with Gasteiger partial charge in [0, 0.05) is 32.6 Å². The predicted molar refractivity (Wildman–Crippen MR) is 62.6 cm³/mol. The van der Waals surface area contributed by atoms with Crippen molar-refractivity contribution in [2.75, 3.05) is 26.2 Å². The van der Waals surface area contributed by atoms with Crippen LogP contribution in [0.1, 0.15) is 19.8 Å². The molecule has 0 saturated heterocycles. The molecule has 0 aromatic heterocycles. The summed E-state index contributed by atoms with van der Waals surface area (Å²) in [4.78, 5) is 24.2. The molecule has 0 fully saturated rings. The first-order chi connectivity index (χ1) is 7.52. The summed E-state index contributed by atoms with van der Waals surface area (Å²) in [6, 6.07) is -0.554. The van der Waals surface area contributed by atoms with Gasteiger partial charge in [-0.1, -0.05) is 0 Å². The van der Waals surface area contributed by atoms with E-state index in [4.69, 9.17) is 17.2 Å². The van der Waals surface area contributed by atoms with Crippen LogP contribution in [0.15, 0.2) is 0 Å². The lowest BCUT2D eigenvalue weighted by Gasteiger charge is -2.21. The van der Waals surface area contributed by atoms with E-state index >= 15 is 0 Å². The molecule has 1 atom stereocenters. The van der Waals surface area contributed by atoms with Gasteiger partial charge in [-0.05, 0) is 13.3 Å². The number of rotatable bonds is 8. The summed E-state index contributed by atoms with van der Waals surface area (Å²) in [7, 11) is 0. The van der Waals surface area contributed by atoms with Gasteiger partial charge in [0.1, 0.15) is 5.78 Å². The van der Waals surface area contributed by atoms with E-state index in [0.717, 1.165) is 0 Å². The Morgan fingerprint density at radius 3 is 2.06 bits per heavy atom. The van der Waals surface area contributed by atoms with Crippen LogP contribution in [0, 0.1) is 0 Å². The van der Waals surface area contributed by atoms with Crippen LogP contribution in [0.25, 0.3) is 0 Å². The summed E-state index contributed by atoms with van der Waals surface area (Å²) in [6.07, 6.45) is 0.639. The van der Waals surface area contributed by atoms with Gasteiger partial charge in [0.2, 0.25) is 5.91 Å². The Morgan fingerprint density at radius 1 is 1.19 bits per heavy atom. The molecule has 0 aliphatic rings. The van der Waals surface area contributed by atoms with Crippen molar-refractivity contribution >= 4 is 11.7 Å². The largest absolute Gasteiger partial charge is 0.340 e. The molecular formula is C10H22N4O2. The SMILES string of the molecule is CC(=O)C(N)CCC(=O)N(CCN)CCN. The quantitative estimate of drug-likeness (QED) is 0.466. The van der Waals surface area contributed by atoms with E-state index in [-0.39, 0.29) is 18.1 Å². The molecule has 6 N–H and O–H groups in total. The number of carbonyl (C=O) groups excluding carboxylic acids is 2. The molecule has 0 saturated carbocycles. The molecule has 94 valence electrons. The molecule has 0 spiro atoms. The Morgan fingerprint density at radius 2 is 1.69 bits per heavy atom. The topological polar surface area (TPSA) is 115 Å². The van der Waals surface area contributed by atoms with E-state index < -0.39 is 6.04 Å². The number of carbonyl (C=O) groups is 2. The minimum Gasteiger partial charge on any atom is -0.340 e. The molecule has 6 heteroatoms. The Balaban J connectivity index is 4.04. The number of hydrogen-bond donors (Lipinski definition) is 3. The van der Waals surface area contributed by atoms with Gasteiger partial charge < -0.3 is 22.1 Å². The third-order valence-corrected chi connectivity index (χ3v) is 2.34. The van der Waals surface area contributed by atoms with Crippen molar-refractivity contribution < 1.29 is 9.59 Å². The second-order valence-corrected chi connectivity index (χ2v) is 3.71. The maximum atomic E-state index is 11.7. The first kappa shape index (κ1) is 15.0. The summed E-state index contributed by atoms with van der Waals surface area (Å²) in [6.45, 7) is 3.22. The van der Waals surface area contributed by atoms with Crippen LogP contribution in [-0.4, -0.2) is 48.8 Å². The van der Waals surface area contributed by atoms with Gasteiger partial charge in [0.15, 0.2) is 0 Å². The van der Waals surface area contributed by atoms with Gasteiger partial charge in [-0.25, -0.2) is 0 Å². The molecule has 0 aromatic carbocycles. The molecule has 0 rings (SSSR count). The smallest absolute Gasteiger partial charge is 0.222 e. The van der Waals surface area contributed by atoms with Crippen LogP contribution >= 0.6 is 0 Å². The van der Waals surface area contributed by atoms with Crippen molar-refractivity contribution in [3.63, 3.8) is 0 Å². The fraction of sp³-hybridized carbons (Fsp3) is 0.800. The Labute approximate surface area is 96.1 Å². The standard InChI is InChI=1S/C10H22N4O2/c1-8(15)9(13)2-3-10(16)14(6-4-11)7-5-12/h9H,2-7,11-13H2,1H3. The molecule has 16 heavy (non-hydrogen) atoms. The second kappa shape index (κ2) is 8.20. The summed E-state index contributed by atoms with van der Waals surface area (Å²) in [5, 5.41) is 0. The van der Waals surface area contributed by atoms with Crippen molar-refractivity contribution in [3.05, 3.63) is 0 Å². The zero-order valence-electron chi connectivity index (χ0n) is 9.82. The summed E-state index contributed by atoms with van der Waals surface area (Å²) in [5.74, 6) is -0.149. The maximum Gasteiger partial charge on any atom is 0.222 e. The van der Waals surface area contributed by atoms with E-state index in [1.54, 1.807) is 4.90 Å². The lowest BCUT2D eigenvalue weighted by molar-refractivity contribution is -0.131. The zero-order chi connectivity index (χ0) is 12.6. The van der Waals surface area contributed by atoms with E-state index in [9.17, 15) is 9.59 Å². The van der Waals surface area contributed by atoms with E-state index in [1.807, 2.05) is 0 Å². The average Bonchev–Trinajstić information content (AvgIpc) is 2.24. The van der Waals surface area contributed by atoms with Crippen LogP contribution in [-0.2, 0) is 9.59 Å². The first-order valence-corrected chi connectivity index (χ1v) is 5.46. The van der Waals surface area contributed by atoms with E-state index in [0.29, 0.717) is 32.6 Å². The summed E-state index contributed by atoms with van der Waals surface area (Å²) in [5.41, 5.74) is 16.3. The number of nitrogens with two attached hydrogens (primary N) is 3.